The van der Waals surface area contributed by atoms with Crippen LogP contribution in [0.3, 0.4) is 0 Å². The number of carbonyl (C=O) groups excluding carboxylic acids is 1. The number of carbonyl (C=O) groups is 1. The molecule has 0 N–H and O–H groups in total. The van der Waals surface area contributed by atoms with Gasteiger partial charge in [-0.3, -0.25) is 9.78 Å². The Morgan fingerprint density at radius 3 is 3.00 bits per heavy atom. The fourth-order valence-electron chi connectivity index (χ4n) is 2.60. The lowest BCUT2D eigenvalue weighted by Gasteiger charge is -2.16. The zero-order valence-corrected chi connectivity index (χ0v) is 10.7. The van der Waals surface area contributed by atoms with Crippen LogP contribution in [0.25, 0.3) is 10.8 Å². The number of rotatable bonds is 3. The molecule has 0 radical (unpaired) electrons. The highest BCUT2D eigenvalue weighted by atomic mass is 16.2. The Bertz CT molecular complexity index is 630. The quantitative estimate of drug-likeness (QED) is 0.787. The van der Waals surface area contributed by atoms with E-state index in [1.54, 1.807) is 0 Å². The van der Waals surface area contributed by atoms with Crippen molar-refractivity contribution in [3.05, 3.63) is 54.9 Å². The fraction of sp³-hybridized carbons (Fsp3) is 0.250. The van der Waals surface area contributed by atoms with Gasteiger partial charge in [0.05, 0.1) is 12.2 Å². The summed E-state index contributed by atoms with van der Waals surface area (Å²) in [6, 6.07) is 10.1. The van der Waals surface area contributed by atoms with Gasteiger partial charge < -0.3 is 4.90 Å². The predicted molar refractivity (Wildman–Crippen MR) is 75.5 cm³/mol. The first-order valence-corrected chi connectivity index (χ1v) is 6.51. The lowest BCUT2D eigenvalue weighted by Crippen LogP contribution is -2.25. The second-order valence-electron chi connectivity index (χ2n) is 4.95. The van der Waals surface area contributed by atoms with Crippen LogP contribution in [0.2, 0.25) is 0 Å². The maximum atomic E-state index is 11.9. The van der Waals surface area contributed by atoms with Gasteiger partial charge in [-0.2, -0.15) is 0 Å². The molecule has 19 heavy (non-hydrogen) atoms. The van der Waals surface area contributed by atoms with E-state index < -0.39 is 0 Å². The molecule has 3 heteroatoms. The Balaban J connectivity index is 1.90. The van der Waals surface area contributed by atoms with Crippen molar-refractivity contribution in [1.29, 1.82) is 0 Å². The molecule has 1 saturated heterocycles. The van der Waals surface area contributed by atoms with Crippen LogP contribution < -0.4 is 0 Å². The Kier molecular flexibility index (Phi) is 3.03. The number of pyridine rings is 1. The average Bonchev–Trinajstić information content (AvgIpc) is 2.80. The van der Waals surface area contributed by atoms with E-state index in [0.717, 1.165) is 17.6 Å². The lowest BCUT2D eigenvalue weighted by molar-refractivity contribution is -0.128. The van der Waals surface area contributed by atoms with Crippen LogP contribution in [0, 0.1) is 5.92 Å². The molecule has 0 bridgehead atoms. The second kappa shape index (κ2) is 4.84. The number of nitrogens with zero attached hydrogens (tertiary/aromatic N) is 2. The number of amides is 1. The molecule has 1 aromatic carbocycles. The van der Waals surface area contributed by atoms with Crippen molar-refractivity contribution in [2.45, 2.75) is 13.0 Å². The van der Waals surface area contributed by atoms with Crippen molar-refractivity contribution >= 4 is 16.7 Å². The van der Waals surface area contributed by atoms with Gasteiger partial charge in [-0.15, -0.1) is 6.58 Å². The van der Waals surface area contributed by atoms with Crippen LogP contribution in [-0.4, -0.2) is 22.3 Å². The maximum absolute atomic E-state index is 11.9. The predicted octanol–water partition coefficient (Wildman–Crippen LogP) is 2.77. The summed E-state index contributed by atoms with van der Waals surface area (Å²) in [5, 5.41) is 2.29. The molecule has 1 unspecified atom stereocenters. The molecule has 3 rings (SSSR count). The van der Waals surface area contributed by atoms with Crippen molar-refractivity contribution in [3.8, 4) is 0 Å². The normalized spacial score (nSPS) is 19.1. The van der Waals surface area contributed by atoms with Gasteiger partial charge in [0.25, 0.3) is 0 Å². The van der Waals surface area contributed by atoms with Gasteiger partial charge in [0.1, 0.15) is 0 Å². The van der Waals surface area contributed by atoms with Crippen LogP contribution in [0.5, 0.6) is 0 Å². The first kappa shape index (κ1) is 11.9. The zero-order valence-electron chi connectivity index (χ0n) is 10.7. The van der Waals surface area contributed by atoms with Gasteiger partial charge in [-0.05, 0) is 11.5 Å². The third-order valence-electron chi connectivity index (χ3n) is 3.67. The molecule has 1 aliphatic heterocycles. The molecular formula is C16H16N2O. The molecule has 1 fully saturated rings. The van der Waals surface area contributed by atoms with Crippen LogP contribution in [0.15, 0.2) is 49.2 Å². The molecule has 0 aliphatic carbocycles. The van der Waals surface area contributed by atoms with Gasteiger partial charge >= 0.3 is 0 Å². The number of benzene rings is 1. The molecule has 1 atom stereocenters. The lowest BCUT2D eigenvalue weighted by atomic mass is 10.1. The Hall–Kier alpha value is -2.16. The Morgan fingerprint density at radius 1 is 1.37 bits per heavy atom. The summed E-state index contributed by atoms with van der Waals surface area (Å²) in [5.41, 5.74) is 0.969. The van der Waals surface area contributed by atoms with Crippen molar-refractivity contribution < 1.29 is 4.79 Å². The smallest absolute Gasteiger partial charge is 0.223 e. The average molecular weight is 252 g/mol. The van der Waals surface area contributed by atoms with E-state index in [1.165, 1.54) is 5.39 Å². The maximum Gasteiger partial charge on any atom is 0.223 e. The monoisotopic (exact) mass is 252 g/mol. The molecule has 2 heterocycles. The minimum absolute atomic E-state index is 0.194. The van der Waals surface area contributed by atoms with Gasteiger partial charge in [-0.1, -0.05) is 30.3 Å². The second-order valence-corrected chi connectivity index (χ2v) is 4.95. The molecule has 1 amide bonds. The number of hydrogen-bond donors (Lipinski definition) is 0. The third-order valence-corrected chi connectivity index (χ3v) is 3.67. The molecule has 1 aromatic heterocycles. The largest absolute Gasteiger partial charge is 0.336 e. The van der Waals surface area contributed by atoms with Crippen LogP contribution >= 0.6 is 0 Å². The summed E-state index contributed by atoms with van der Waals surface area (Å²) >= 11 is 0. The van der Waals surface area contributed by atoms with Gasteiger partial charge in [0, 0.05) is 30.5 Å². The standard InChI is InChI=1S/C16H16N2O/c1-2-12-9-16(19)18(10-12)11-15-14-6-4-3-5-13(14)7-8-17-15/h2-8,12H,1,9-11H2. The number of likely N-dealkylation sites (tertiary alicyclic amines) is 1. The fourth-order valence-corrected chi connectivity index (χ4v) is 2.60. The summed E-state index contributed by atoms with van der Waals surface area (Å²) in [4.78, 5) is 18.2. The van der Waals surface area contributed by atoms with Crippen molar-refractivity contribution in [2.75, 3.05) is 6.54 Å². The zero-order chi connectivity index (χ0) is 13.2. The van der Waals surface area contributed by atoms with Crippen LogP contribution in [0.1, 0.15) is 12.1 Å². The van der Waals surface area contributed by atoms with Crippen LogP contribution in [0.4, 0.5) is 0 Å². The van der Waals surface area contributed by atoms with Crippen molar-refractivity contribution in [3.63, 3.8) is 0 Å². The van der Waals surface area contributed by atoms with E-state index in [0.29, 0.717) is 13.0 Å². The third kappa shape index (κ3) is 2.24. The first-order valence-electron chi connectivity index (χ1n) is 6.51. The summed E-state index contributed by atoms with van der Waals surface area (Å²) in [7, 11) is 0. The summed E-state index contributed by atoms with van der Waals surface area (Å²) in [6.07, 6.45) is 4.26. The molecular weight excluding hydrogens is 236 g/mol. The summed E-state index contributed by atoms with van der Waals surface area (Å²) in [6.45, 7) is 5.12. The molecule has 2 aromatic rings. The van der Waals surface area contributed by atoms with E-state index in [2.05, 4.69) is 23.7 Å². The van der Waals surface area contributed by atoms with Gasteiger partial charge in [-0.25, -0.2) is 0 Å². The highest BCUT2D eigenvalue weighted by molar-refractivity contribution is 5.85. The molecule has 0 saturated carbocycles. The van der Waals surface area contributed by atoms with Gasteiger partial charge in [0.15, 0.2) is 0 Å². The van der Waals surface area contributed by atoms with E-state index in [1.807, 2.05) is 35.4 Å². The van der Waals surface area contributed by atoms with E-state index in [9.17, 15) is 4.79 Å². The van der Waals surface area contributed by atoms with Crippen LogP contribution in [-0.2, 0) is 11.3 Å². The SMILES string of the molecule is C=CC1CC(=O)N(Cc2nccc3ccccc23)C1. The van der Waals surface area contributed by atoms with E-state index in [-0.39, 0.29) is 11.8 Å². The highest BCUT2D eigenvalue weighted by Gasteiger charge is 2.27. The summed E-state index contributed by atoms with van der Waals surface area (Å²) < 4.78 is 0. The number of fused-ring (bicyclic) bond motifs is 1. The molecule has 1 aliphatic rings. The number of hydrogen-bond acceptors (Lipinski definition) is 2. The highest BCUT2D eigenvalue weighted by Crippen LogP contribution is 2.23. The molecule has 3 nitrogen and oxygen atoms in total. The topological polar surface area (TPSA) is 33.2 Å². The van der Waals surface area contributed by atoms with E-state index in [4.69, 9.17) is 0 Å². The minimum Gasteiger partial charge on any atom is -0.336 e. The van der Waals surface area contributed by atoms with Crippen molar-refractivity contribution in [1.82, 2.24) is 9.88 Å². The summed E-state index contributed by atoms with van der Waals surface area (Å²) in [5.74, 6) is 0.474. The molecule has 96 valence electrons. The van der Waals surface area contributed by atoms with Crippen molar-refractivity contribution in [2.24, 2.45) is 5.92 Å². The van der Waals surface area contributed by atoms with E-state index >= 15 is 0 Å². The first-order chi connectivity index (χ1) is 9.28. The van der Waals surface area contributed by atoms with Gasteiger partial charge in [0.2, 0.25) is 5.91 Å². The minimum atomic E-state index is 0.194. The Morgan fingerprint density at radius 2 is 2.21 bits per heavy atom. The molecule has 0 spiro atoms. The Labute approximate surface area is 112 Å². The number of aromatic nitrogens is 1.